The number of likely N-dealkylation sites (N-methyl/N-ethyl adjacent to an activating group) is 1. The summed E-state index contributed by atoms with van der Waals surface area (Å²) in [6.07, 6.45) is 0.683. The maximum absolute atomic E-state index is 12.7. The lowest BCUT2D eigenvalue weighted by Crippen LogP contribution is -2.36. The molecular weight excluding hydrogens is 394 g/mol. The molecule has 0 amide bonds. The lowest BCUT2D eigenvalue weighted by molar-refractivity contribution is 0.285. The van der Waals surface area contributed by atoms with Crippen LogP contribution in [0.25, 0.3) is 0 Å². The Balaban J connectivity index is 2.23. The predicted molar refractivity (Wildman–Crippen MR) is 90.4 cm³/mol. The quantitative estimate of drug-likeness (QED) is 0.795. The molecule has 0 saturated heterocycles. The first-order valence-corrected chi connectivity index (χ1v) is 10.2. The maximum atomic E-state index is 12.7. The molecule has 1 atom stereocenters. The third-order valence-electron chi connectivity index (χ3n) is 3.22. The molecule has 0 saturated carbocycles. The minimum Gasteiger partial charge on any atom is -0.391 e. The van der Waals surface area contributed by atoms with Crippen molar-refractivity contribution in [1.82, 2.24) is 4.31 Å². The summed E-state index contributed by atoms with van der Waals surface area (Å²) in [7, 11) is -1.98. The van der Waals surface area contributed by atoms with Crippen LogP contribution in [0.2, 0.25) is 0 Å². The van der Waals surface area contributed by atoms with Crippen molar-refractivity contribution >= 4 is 48.6 Å². The van der Waals surface area contributed by atoms with Crippen LogP contribution in [-0.2, 0) is 23.1 Å². The molecule has 0 fully saturated rings. The molecule has 2 aromatic heterocycles. The largest absolute Gasteiger partial charge is 0.391 e. The van der Waals surface area contributed by atoms with Crippen LogP contribution < -0.4 is 0 Å². The van der Waals surface area contributed by atoms with Crippen LogP contribution in [0, 0.1) is 0 Å². The highest BCUT2D eigenvalue weighted by molar-refractivity contribution is 9.11. The molecule has 116 valence electrons. The highest BCUT2D eigenvalue weighted by atomic mass is 79.9. The SMILES string of the molecule is CC(Cc1cccs1)N(C)S(=O)(=O)c1cc(CO)sc1Br. The van der Waals surface area contributed by atoms with Crippen molar-refractivity contribution in [1.29, 1.82) is 0 Å². The van der Waals surface area contributed by atoms with E-state index < -0.39 is 10.0 Å². The van der Waals surface area contributed by atoms with E-state index in [1.807, 2.05) is 24.4 Å². The molecule has 1 unspecified atom stereocenters. The number of sulfonamides is 1. The zero-order valence-corrected chi connectivity index (χ0v) is 15.7. The Kier molecular flexibility index (Phi) is 5.61. The van der Waals surface area contributed by atoms with Crippen LogP contribution in [0.5, 0.6) is 0 Å². The summed E-state index contributed by atoms with van der Waals surface area (Å²) < 4.78 is 27.3. The third-order valence-corrected chi connectivity index (χ3v) is 8.32. The van der Waals surface area contributed by atoms with E-state index in [0.717, 1.165) is 4.88 Å². The van der Waals surface area contributed by atoms with E-state index in [0.29, 0.717) is 15.1 Å². The molecule has 0 aromatic carbocycles. The summed E-state index contributed by atoms with van der Waals surface area (Å²) in [5, 5.41) is 11.1. The Morgan fingerprint density at radius 2 is 2.14 bits per heavy atom. The van der Waals surface area contributed by atoms with Gasteiger partial charge in [0.05, 0.1) is 10.4 Å². The van der Waals surface area contributed by atoms with Gasteiger partial charge in [-0.1, -0.05) is 6.07 Å². The first-order chi connectivity index (χ1) is 9.86. The zero-order chi connectivity index (χ0) is 15.6. The van der Waals surface area contributed by atoms with Crippen molar-refractivity contribution < 1.29 is 13.5 Å². The van der Waals surface area contributed by atoms with Crippen molar-refractivity contribution in [2.75, 3.05) is 7.05 Å². The molecule has 0 bridgehead atoms. The maximum Gasteiger partial charge on any atom is 0.245 e. The second-order valence-corrected chi connectivity index (χ2v) is 10.1. The summed E-state index contributed by atoms with van der Waals surface area (Å²) in [5.74, 6) is 0. The van der Waals surface area contributed by atoms with Crippen LogP contribution in [0.15, 0.2) is 32.3 Å². The van der Waals surface area contributed by atoms with Gasteiger partial charge in [0.2, 0.25) is 10.0 Å². The van der Waals surface area contributed by atoms with E-state index in [2.05, 4.69) is 15.9 Å². The van der Waals surface area contributed by atoms with Gasteiger partial charge in [-0.15, -0.1) is 22.7 Å². The Bertz CT molecular complexity index is 694. The molecule has 8 heteroatoms. The van der Waals surface area contributed by atoms with E-state index in [-0.39, 0.29) is 17.5 Å². The van der Waals surface area contributed by atoms with Crippen molar-refractivity contribution in [3.63, 3.8) is 0 Å². The average molecular weight is 410 g/mol. The topological polar surface area (TPSA) is 57.6 Å². The van der Waals surface area contributed by atoms with E-state index in [4.69, 9.17) is 5.11 Å². The number of halogens is 1. The monoisotopic (exact) mass is 409 g/mol. The Morgan fingerprint density at radius 1 is 1.43 bits per heavy atom. The van der Waals surface area contributed by atoms with Gasteiger partial charge in [0.25, 0.3) is 0 Å². The molecule has 0 aliphatic rings. The number of nitrogens with zero attached hydrogens (tertiary/aromatic N) is 1. The number of thiophene rings is 2. The van der Waals surface area contributed by atoms with Gasteiger partial charge in [0.1, 0.15) is 4.90 Å². The van der Waals surface area contributed by atoms with Crippen molar-refractivity contribution in [2.45, 2.75) is 30.9 Å². The molecule has 2 rings (SSSR count). The molecular formula is C13H16BrNO3S3. The van der Waals surface area contributed by atoms with Gasteiger partial charge < -0.3 is 5.11 Å². The Hall–Kier alpha value is -0.250. The van der Waals surface area contributed by atoms with Gasteiger partial charge >= 0.3 is 0 Å². The van der Waals surface area contributed by atoms with Gasteiger partial charge in [0, 0.05) is 22.8 Å². The molecule has 0 aliphatic carbocycles. The standard InChI is InChI=1S/C13H16BrNO3S3/c1-9(6-10-4-3-5-19-10)15(2)21(17,18)12-7-11(8-16)20-13(12)14/h3-5,7,9,16H,6,8H2,1-2H3. The van der Waals surface area contributed by atoms with E-state index in [9.17, 15) is 8.42 Å². The predicted octanol–water partition coefficient (Wildman–Crippen LogP) is 3.32. The smallest absolute Gasteiger partial charge is 0.245 e. The average Bonchev–Trinajstić information content (AvgIpc) is 3.07. The number of hydrogen-bond donors (Lipinski definition) is 1. The molecule has 0 spiro atoms. The van der Waals surface area contributed by atoms with Crippen LogP contribution in [0.1, 0.15) is 16.7 Å². The van der Waals surface area contributed by atoms with Gasteiger partial charge in [0.15, 0.2) is 0 Å². The van der Waals surface area contributed by atoms with Gasteiger partial charge in [-0.25, -0.2) is 8.42 Å². The van der Waals surface area contributed by atoms with Gasteiger partial charge in [-0.2, -0.15) is 4.31 Å². The first-order valence-electron chi connectivity index (χ1n) is 6.25. The minimum atomic E-state index is -3.57. The van der Waals surface area contributed by atoms with Crippen molar-refractivity contribution in [3.8, 4) is 0 Å². The van der Waals surface area contributed by atoms with Crippen LogP contribution in [0.4, 0.5) is 0 Å². The molecule has 2 aromatic rings. The summed E-state index contributed by atoms with van der Waals surface area (Å²) in [4.78, 5) is 2.00. The van der Waals surface area contributed by atoms with Crippen LogP contribution >= 0.6 is 38.6 Å². The van der Waals surface area contributed by atoms with Crippen molar-refractivity contribution in [2.24, 2.45) is 0 Å². The molecule has 0 radical (unpaired) electrons. The first kappa shape index (κ1) is 17.1. The third kappa shape index (κ3) is 3.75. The highest BCUT2D eigenvalue weighted by Gasteiger charge is 2.29. The second kappa shape index (κ2) is 6.89. The molecule has 0 aliphatic heterocycles. The molecule has 4 nitrogen and oxygen atoms in total. The van der Waals surface area contributed by atoms with E-state index in [1.54, 1.807) is 18.4 Å². The van der Waals surface area contributed by atoms with Crippen molar-refractivity contribution in [3.05, 3.63) is 37.1 Å². The molecule has 1 N–H and O–H groups in total. The van der Waals surface area contributed by atoms with E-state index in [1.165, 1.54) is 21.7 Å². The fourth-order valence-corrected chi connectivity index (χ4v) is 6.57. The summed E-state index contributed by atoms with van der Waals surface area (Å²) in [5.41, 5.74) is 0. The fraction of sp³-hybridized carbons (Fsp3) is 0.385. The van der Waals surface area contributed by atoms with Crippen LogP contribution in [-0.4, -0.2) is 30.9 Å². The normalized spacial score (nSPS) is 13.8. The van der Waals surface area contributed by atoms with Crippen LogP contribution in [0.3, 0.4) is 0 Å². The molecule has 2 heterocycles. The zero-order valence-electron chi connectivity index (χ0n) is 11.6. The number of aliphatic hydroxyl groups excluding tert-OH is 1. The minimum absolute atomic E-state index is 0.141. The lowest BCUT2D eigenvalue weighted by Gasteiger charge is -2.23. The number of rotatable bonds is 6. The Morgan fingerprint density at radius 3 is 2.67 bits per heavy atom. The Labute approximate surface area is 141 Å². The summed E-state index contributed by atoms with van der Waals surface area (Å²) in [6.45, 7) is 1.73. The number of aliphatic hydroxyl groups is 1. The summed E-state index contributed by atoms with van der Waals surface area (Å²) in [6, 6.07) is 5.35. The van der Waals surface area contributed by atoms with Gasteiger partial charge in [-0.05, 0) is 46.8 Å². The molecule has 21 heavy (non-hydrogen) atoms. The van der Waals surface area contributed by atoms with E-state index >= 15 is 0 Å². The summed E-state index contributed by atoms with van der Waals surface area (Å²) >= 11 is 6.14. The number of hydrogen-bond acceptors (Lipinski definition) is 5. The van der Waals surface area contributed by atoms with Gasteiger partial charge in [-0.3, -0.25) is 0 Å². The second-order valence-electron chi connectivity index (χ2n) is 4.66. The lowest BCUT2D eigenvalue weighted by atomic mass is 10.2. The fourth-order valence-electron chi connectivity index (χ4n) is 1.89. The highest BCUT2D eigenvalue weighted by Crippen LogP contribution is 2.34.